The standard InChI is InChI=1S/C26H24N4O.C20H13ClFN3O.C20H14ClN3O.C19H11ClFN3O.C19H12ClN3O/c1-3-19(18-6-7-18)15-21(4-1)25-22(5-2-10-27-25)20-8-9-24-23(16-20)26(29-17-28-24)30-11-13-31-14-12-30;1-25-11-24-18-7-5-12(9-15(18)20(25)26)14-3-2-8-23-19(14)13-4-6-17(22)16(21)10-13;1-24-12-23-18-8-7-13(11-17(18)20(24)25)16-6-3-9-22-19(16)14-4-2-5-15(21)10-14;20-15-9-12(3-5-16(15)21)18-13(2-1-7-22-18)11-4-6-17-14(8-11)19(25)24-10-23-17;20-14-4-1-3-13(9-14)18-15(5-2-8-21-18)12-6-7-17-16(10-12)19(24)23-11-22-17/h1-5,8-10,15-18H,6-7,11-14H2;2-11H,1H3;2-12H,1H3;1-10H,(H,23,24,25);1-11H,(H,22,23,24). The summed E-state index contributed by atoms with van der Waals surface area (Å²) in [7, 11) is 3.36. The molecule has 1 saturated carbocycles. The lowest BCUT2D eigenvalue weighted by Crippen LogP contribution is -2.36. The Labute approximate surface area is 767 Å². The lowest BCUT2D eigenvalue weighted by Gasteiger charge is -2.28. The monoisotopic (exact) mass is 1800 g/mol. The normalized spacial score (nSPS) is 12.3. The lowest BCUT2D eigenvalue weighted by molar-refractivity contribution is 0.122. The van der Waals surface area contributed by atoms with Crippen LogP contribution in [0.3, 0.4) is 0 Å². The first-order valence-corrected chi connectivity index (χ1v) is 43.1. The van der Waals surface area contributed by atoms with Gasteiger partial charge in [0.15, 0.2) is 0 Å². The van der Waals surface area contributed by atoms with Crippen LogP contribution in [0.4, 0.5) is 14.6 Å². The summed E-state index contributed by atoms with van der Waals surface area (Å²) < 4.78 is 35.4. The van der Waals surface area contributed by atoms with Gasteiger partial charge in [-0.3, -0.25) is 44.1 Å². The highest BCUT2D eigenvalue weighted by molar-refractivity contribution is 6.32. The second kappa shape index (κ2) is 38.7. The molecule has 131 heavy (non-hydrogen) atoms. The van der Waals surface area contributed by atoms with Crippen LogP contribution in [0.1, 0.15) is 24.3 Å². The van der Waals surface area contributed by atoms with Crippen molar-refractivity contribution in [1.82, 2.24) is 73.9 Å². The molecule has 1 aliphatic carbocycles. The van der Waals surface area contributed by atoms with Crippen LogP contribution >= 0.6 is 46.4 Å². The van der Waals surface area contributed by atoms with Gasteiger partial charge in [0.05, 0.1) is 126 Å². The second-order valence-corrected chi connectivity index (χ2v) is 32.6. The minimum atomic E-state index is -0.480. The first-order chi connectivity index (χ1) is 63.9. The zero-order valence-electron chi connectivity index (χ0n) is 70.0. The number of aryl methyl sites for hydroxylation is 2. The number of morpholine rings is 1. The molecule has 0 bridgehead atoms. The van der Waals surface area contributed by atoms with E-state index >= 15 is 0 Å². The fraction of sp³-hybridized carbons (Fsp3) is 0.0865. The highest BCUT2D eigenvalue weighted by Crippen LogP contribution is 2.44. The summed E-state index contributed by atoms with van der Waals surface area (Å²) in [6.07, 6.45) is 18.8. The molecule has 1 saturated heterocycles. The Morgan fingerprint density at radius 3 is 1.06 bits per heavy atom. The average molecular weight is 1810 g/mol. The van der Waals surface area contributed by atoms with E-state index in [0.717, 1.165) is 133 Å². The van der Waals surface area contributed by atoms with E-state index in [9.17, 15) is 28.0 Å². The maximum atomic E-state index is 13.5. The van der Waals surface area contributed by atoms with Gasteiger partial charge in [0.25, 0.3) is 22.2 Å². The minimum absolute atomic E-state index is 0.0354. The van der Waals surface area contributed by atoms with Gasteiger partial charge < -0.3 is 28.7 Å². The van der Waals surface area contributed by atoms with Gasteiger partial charge in [-0.25, -0.2) is 38.7 Å². The number of benzene rings is 10. The summed E-state index contributed by atoms with van der Waals surface area (Å²) in [6.45, 7) is 3.16. The molecule has 11 heterocycles. The molecule has 27 heteroatoms. The molecule has 2 N–H and O–H groups in total. The number of aromatic amines is 2. The van der Waals surface area contributed by atoms with Crippen molar-refractivity contribution in [2.45, 2.75) is 18.8 Å². The molecule has 0 atom stereocenters. The molecule has 10 aromatic heterocycles. The fourth-order valence-corrected chi connectivity index (χ4v) is 16.5. The second-order valence-electron chi connectivity index (χ2n) is 30.9. The number of nitrogens with zero attached hydrogens (tertiary/aromatic N) is 14. The lowest BCUT2D eigenvalue weighted by atomic mass is 9.96. The summed E-state index contributed by atoms with van der Waals surface area (Å²) >= 11 is 24.1. The van der Waals surface area contributed by atoms with Crippen LogP contribution in [-0.4, -0.2) is 100 Å². The van der Waals surface area contributed by atoms with Crippen molar-refractivity contribution in [1.29, 1.82) is 0 Å². The Hall–Kier alpha value is -15.4. The summed E-state index contributed by atoms with van der Waals surface area (Å²) in [5.41, 5.74) is 22.1. The predicted octanol–water partition coefficient (Wildman–Crippen LogP) is 22.6. The Balaban J connectivity index is 0.000000110. The molecule has 0 radical (unpaired) electrons. The van der Waals surface area contributed by atoms with E-state index < -0.39 is 11.6 Å². The van der Waals surface area contributed by atoms with Crippen molar-refractivity contribution in [2.75, 3.05) is 31.2 Å². The summed E-state index contributed by atoms with van der Waals surface area (Å²) in [5.74, 6) is 0.747. The van der Waals surface area contributed by atoms with Gasteiger partial charge >= 0.3 is 0 Å². The summed E-state index contributed by atoms with van der Waals surface area (Å²) in [6, 6.07) is 81.0. The Morgan fingerprint density at radius 1 is 0.336 bits per heavy atom. The largest absolute Gasteiger partial charge is 0.378 e. The Morgan fingerprint density at radius 2 is 0.679 bits per heavy atom. The molecule has 2 fully saturated rings. The van der Waals surface area contributed by atoms with Gasteiger partial charge in [0, 0.05) is 129 Å². The number of nitrogens with one attached hydrogen (secondary N) is 2. The molecule has 0 amide bonds. The Kier molecular flexibility index (Phi) is 25.5. The van der Waals surface area contributed by atoms with E-state index in [1.165, 1.54) is 76.6 Å². The van der Waals surface area contributed by atoms with Gasteiger partial charge in [0.1, 0.15) is 23.8 Å². The maximum Gasteiger partial charge on any atom is 0.260 e. The van der Waals surface area contributed by atoms with Gasteiger partial charge in [-0.05, 0) is 210 Å². The zero-order chi connectivity index (χ0) is 90.2. The van der Waals surface area contributed by atoms with Crippen LogP contribution in [-0.2, 0) is 18.8 Å². The number of hydrogen-bond donors (Lipinski definition) is 2. The van der Waals surface area contributed by atoms with Gasteiger partial charge in [-0.2, -0.15) is 0 Å². The maximum absolute atomic E-state index is 13.5. The quantitative estimate of drug-likeness (QED) is 0.115. The van der Waals surface area contributed by atoms with Gasteiger partial charge in [-0.1, -0.05) is 150 Å². The van der Waals surface area contributed by atoms with Crippen molar-refractivity contribution in [3.8, 4) is 112 Å². The topological polar surface area (TPSA) is 264 Å². The van der Waals surface area contributed by atoms with E-state index in [4.69, 9.17) is 56.1 Å². The molecule has 20 aromatic rings. The molecule has 1 aliphatic heterocycles. The number of hydrogen-bond acceptors (Lipinski definition) is 17. The number of fused-ring (bicyclic) bond motifs is 5. The van der Waals surface area contributed by atoms with Crippen LogP contribution in [0, 0.1) is 11.6 Å². The summed E-state index contributed by atoms with van der Waals surface area (Å²) in [5, 5.41) is 4.62. The van der Waals surface area contributed by atoms with E-state index in [2.05, 4.69) is 113 Å². The van der Waals surface area contributed by atoms with Crippen molar-refractivity contribution in [3.05, 3.63) is 402 Å². The molecule has 642 valence electrons. The average Bonchev–Trinajstić information content (AvgIpc) is 1.61. The molecular formula is C104H74Cl4F2N16O5. The number of H-pyrrole nitrogens is 2. The number of pyridine rings is 5. The third-order valence-electron chi connectivity index (χ3n) is 22.4. The van der Waals surface area contributed by atoms with Crippen LogP contribution in [0.25, 0.3) is 166 Å². The molecule has 22 rings (SSSR count). The van der Waals surface area contributed by atoms with Gasteiger partial charge in [0.2, 0.25) is 0 Å². The molecule has 21 nitrogen and oxygen atoms in total. The number of rotatable bonds is 12. The van der Waals surface area contributed by atoms with Crippen LogP contribution in [0.5, 0.6) is 0 Å². The highest BCUT2D eigenvalue weighted by atomic mass is 35.5. The fourth-order valence-electron chi connectivity index (χ4n) is 15.7. The van der Waals surface area contributed by atoms with E-state index in [0.29, 0.717) is 76.2 Å². The summed E-state index contributed by atoms with van der Waals surface area (Å²) in [4.78, 5) is 105. The van der Waals surface area contributed by atoms with Crippen molar-refractivity contribution >= 4 is 107 Å². The Bertz CT molecular complexity index is 8030. The number of aromatic nitrogens is 15. The number of anilines is 1. The van der Waals surface area contributed by atoms with Gasteiger partial charge in [-0.15, -0.1) is 0 Å². The van der Waals surface area contributed by atoms with Crippen molar-refractivity contribution < 1.29 is 13.5 Å². The first-order valence-electron chi connectivity index (χ1n) is 41.6. The minimum Gasteiger partial charge on any atom is -0.378 e. The van der Waals surface area contributed by atoms with E-state index in [1.807, 2.05) is 158 Å². The molecule has 0 spiro atoms. The zero-order valence-corrected chi connectivity index (χ0v) is 73.0. The smallest absolute Gasteiger partial charge is 0.260 e. The molecule has 0 unspecified atom stereocenters. The molecular weight excluding hydrogens is 1730 g/mol. The number of ether oxygens (including phenoxy) is 1. The SMILES string of the molecule is Cn1cnc2ccc(-c3cccnc3-c3ccc(F)c(Cl)c3)cc2c1=O.Cn1cnc2ccc(-c3cccnc3-c3cccc(Cl)c3)cc2c1=O.O=c1[nH]cnc2ccc(-c3cccnc3-c3ccc(F)c(Cl)c3)cc12.O=c1[nH]cnc2ccc(-c3cccnc3-c3cccc(Cl)c3)cc12.c1cc(-c2ncccc2-c2ccc3ncnc(N4CCOCC4)c3c2)cc(C2CC2)c1. The van der Waals surface area contributed by atoms with Crippen LogP contribution < -0.4 is 27.1 Å². The third-order valence-corrected chi connectivity index (χ3v) is 23.5. The first kappa shape index (κ1) is 86.4. The van der Waals surface area contributed by atoms with E-state index in [1.54, 1.807) is 87.7 Å². The van der Waals surface area contributed by atoms with Crippen molar-refractivity contribution in [2.24, 2.45) is 14.1 Å². The molecule has 2 aliphatic rings. The van der Waals surface area contributed by atoms with Crippen LogP contribution in [0.2, 0.25) is 20.1 Å². The third kappa shape index (κ3) is 19.1. The van der Waals surface area contributed by atoms with Crippen molar-refractivity contribution in [3.63, 3.8) is 0 Å². The predicted molar refractivity (Wildman–Crippen MR) is 517 cm³/mol. The van der Waals surface area contributed by atoms with E-state index in [-0.39, 0.29) is 32.3 Å². The van der Waals surface area contributed by atoms with Crippen LogP contribution in [0.15, 0.2) is 343 Å². The highest BCUT2D eigenvalue weighted by Gasteiger charge is 2.25. The molecule has 10 aromatic carbocycles. The number of halogens is 6.